The molecule has 5 nitrogen and oxygen atoms in total. The van der Waals surface area contributed by atoms with Gasteiger partial charge < -0.3 is 10.6 Å². The van der Waals surface area contributed by atoms with Crippen molar-refractivity contribution in [3.8, 4) is 5.69 Å². The molecule has 2 heterocycles. The molecule has 0 bridgehead atoms. The highest BCUT2D eigenvalue weighted by Gasteiger charge is 2.13. The van der Waals surface area contributed by atoms with Gasteiger partial charge in [0.1, 0.15) is 12.7 Å². The Morgan fingerprint density at radius 1 is 1.00 bits per heavy atom. The molecule has 94 valence electrons. The molecular formula is C13H17N5. The lowest BCUT2D eigenvalue weighted by Gasteiger charge is -2.30. The summed E-state index contributed by atoms with van der Waals surface area (Å²) < 4.78 is 1.86. The number of hydrogen-bond acceptors (Lipinski definition) is 4. The van der Waals surface area contributed by atoms with Crippen molar-refractivity contribution in [1.29, 1.82) is 0 Å². The van der Waals surface area contributed by atoms with Crippen LogP contribution in [0.15, 0.2) is 30.9 Å². The Balaban J connectivity index is 1.89. The third-order valence-electron chi connectivity index (χ3n) is 3.42. The summed E-state index contributed by atoms with van der Waals surface area (Å²) in [6.45, 7) is 2.21. The van der Waals surface area contributed by atoms with Gasteiger partial charge in [0.2, 0.25) is 0 Å². The molecule has 1 aliphatic heterocycles. The first kappa shape index (κ1) is 11.1. The van der Waals surface area contributed by atoms with Gasteiger partial charge in [-0.1, -0.05) is 0 Å². The van der Waals surface area contributed by atoms with Gasteiger partial charge in [-0.05, 0) is 37.5 Å². The average Bonchev–Trinajstić information content (AvgIpc) is 2.93. The first-order valence-electron chi connectivity index (χ1n) is 6.34. The fourth-order valence-corrected chi connectivity index (χ4v) is 2.46. The van der Waals surface area contributed by atoms with Crippen LogP contribution < -0.4 is 10.6 Å². The second kappa shape index (κ2) is 4.68. The molecule has 0 saturated carbocycles. The SMILES string of the molecule is Nc1cc(-n2cnnc2)ccc1N1CCCCC1. The summed E-state index contributed by atoms with van der Waals surface area (Å²) in [6, 6.07) is 6.13. The van der Waals surface area contributed by atoms with Crippen LogP contribution in [0, 0.1) is 0 Å². The van der Waals surface area contributed by atoms with E-state index in [0.29, 0.717) is 0 Å². The van der Waals surface area contributed by atoms with Crippen LogP contribution in [0.5, 0.6) is 0 Å². The van der Waals surface area contributed by atoms with E-state index in [1.807, 2.05) is 10.6 Å². The van der Waals surface area contributed by atoms with Crippen molar-refractivity contribution in [3.05, 3.63) is 30.9 Å². The maximum absolute atomic E-state index is 6.16. The van der Waals surface area contributed by atoms with E-state index in [9.17, 15) is 0 Å². The molecule has 0 amide bonds. The summed E-state index contributed by atoms with van der Waals surface area (Å²) >= 11 is 0. The van der Waals surface area contributed by atoms with Crippen LogP contribution >= 0.6 is 0 Å². The molecule has 1 aromatic carbocycles. The topological polar surface area (TPSA) is 60.0 Å². The third kappa shape index (κ3) is 2.03. The van der Waals surface area contributed by atoms with Crippen LogP contribution in [0.3, 0.4) is 0 Å². The highest BCUT2D eigenvalue weighted by Crippen LogP contribution is 2.28. The number of nitrogens with zero attached hydrogens (tertiary/aromatic N) is 4. The van der Waals surface area contributed by atoms with Gasteiger partial charge in [0.25, 0.3) is 0 Å². The number of benzene rings is 1. The molecule has 2 N–H and O–H groups in total. The molecule has 1 fully saturated rings. The highest BCUT2D eigenvalue weighted by atomic mass is 15.2. The lowest BCUT2D eigenvalue weighted by Crippen LogP contribution is -2.30. The number of hydrogen-bond donors (Lipinski definition) is 1. The predicted molar refractivity (Wildman–Crippen MR) is 71.8 cm³/mol. The maximum Gasteiger partial charge on any atom is 0.123 e. The van der Waals surface area contributed by atoms with Crippen LogP contribution in [0.1, 0.15) is 19.3 Å². The monoisotopic (exact) mass is 243 g/mol. The number of rotatable bonds is 2. The summed E-state index contributed by atoms with van der Waals surface area (Å²) in [5.74, 6) is 0. The Bertz CT molecular complexity index is 514. The van der Waals surface area contributed by atoms with Gasteiger partial charge in [0.15, 0.2) is 0 Å². The van der Waals surface area contributed by atoms with Crippen molar-refractivity contribution in [3.63, 3.8) is 0 Å². The zero-order valence-corrected chi connectivity index (χ0v) is 10.3. The van der Waals surface area contributed by atoms with Gasteiger partial charge in [-0.15, -0.1) is 10.2 Å². The standard InChI is InChI=1S/C13H17N5/c14-12-8-11(18-9-15-16-10-18)4-5-13(12)17-6-2-1-3-7-17/h4-5,8-10H,1-3,6-7,14H2. The second-order valence-electron chi connectivity index (χ2n) is 4.66. The number of nitrogen functional groups attached to an aromatic ring is 1. The summed E-state index contributed by atoms with van der Waals surface area (Å²) in [4.78, 5) is 2.37. The Labute approximate surface area is 106 Å². The summed E-state index contributed by atoms with van der Waals surface area (Å²) in [7, 11) is 0. The second-order valence-corrected chi connectivity index (χ2v) is 4.66. The van der Waals surface area contributed by atoms with Crippen LogP contribution in [0.25, 0.3) is 5.69 Å². The minimum Gasteiger partial charge on any atom is -0.397 e. The van der Waals surface area contributed by atoms with Gasteiger partial charge in [0, 0.05) is 13.1 Å². The Morgan fingerprint density at radius 3 is 2.39 bits per heavy atom. The number of aromatic nitrogens is 3. The van der Waals surface area contributed by atoms with E-state index in [4.69, 9.17) is 5.73 Å². The summed E-state index contributed by atoms with van der Waals surface area (Å²) in [5.41, 5.74) is 9.13. The molecule has 0 radical (unpaired) electrons. The molecule has 18 heavy (non-hydrogen) atoms. The zero-order chi connectivity index (χ0) is 12.4. The van der Waals surface area contributed by atoms with Crippen molar-refractivity contribution >= 4 is 11.4 Å². The maximum atomic E-state index is 6.16. The molecule has 0 spiro atoms. The smallest absolute Gasteiger partial charge is 0.123 e. The van der Waals surface area contributed by atoms with Gasteiger partial charge in [-0.25, -0.2) is 0 Å². The van der Waals surface area contributed by atoms with Gasteiger partial charge >= 0.3 is 0 Å². The van der Waals surface area contributed by atoms with E-state index in [-0.39, 0.29) is 0 Å². The van der Waals surface area contributed by atoms with E-state index in [0.717, 1.165) is 30.2 Å². The fourth-order valence-electron chi connectivity index (χ4n) is 2.46. The molecule has 5 heteroatoms. The van der Waals surface area contributed by atoms with E-state index in [1.165, 1.54) is 19.3 Å². The van der Waals surface area contributed by atoms with Crippen molar-refractivity contribution in [2.24, 2.45) is 0 Å². The van der Waals surface area contributed by atoms with Gasteiger partial charge in [-0.3, -0.25) is 4.57 Å². The lowest BCUT2D eigenvalue weighted by molar-refractivity contribution is 0.578. The normalized spacial score (nSPS) is 15.9. The quantitative estimate of drug-likeness (QED) is 0.818. The molecule has 3 rings (SSSR count). The van der Waals surface area contributed by atoms with E-state index < -0.39 is 0 Å². The Kier molecular flexibility index (Phi) is 2.88. The molecule has 1 aliphatic rings. The van der Waals surface area contributed by atoms with E-state index in [2.05, 4.69) is 27.2 Å². The Morgan fingerprint density at radius 2 is 1.72 bits per heavy atom. The number of nitrogens with two attached hydrogens (primary N) is 1. The lowest BCUT2D eigenvalue weighted by atomic mass is 10.1. The first-order valence-corrected chi connectivity index (χ1v) is 6.34. The third-order valence-corrected chi connectivity index (χ3v) is 3.42. The zero-order valence-electron chi connectivity index (χ0n) is 10.3. The molecular weight excluding hydrogens is 226 g/mol. The van der Waals surface area contributed by atoms with Crippen molar-refractivity contribution in [1.82, 2.24) is 14.8 Å². The highest BCUT2D eigenvalue weighted by molar-refractivity contribution is 5.70. The van der Waals surface area contributed by atoms with Crippen LogP contribution in [-0.2, 0) is 0 Å². The van der Waals surface area contributed by atoms with Crippen molar-refractivity contribution in [2.45, 2.75) is 19.3 Å². The minimum atomic E-state index is 0.822. The van der Waals surface area contributed by atoms with Crippen molar-refractivity contribution in [2.75, 3.05) is 23.7 Å². The predicted octanol–water partition coefficient (Wildman–Crippen LogP) is 1.84. The summed E-state index contributed by atoms with van der Waals surface area (Å²) in [5, 5.41) is 7.60. The van der Waals surface area contributed by atoms with E-state index >= 15 is 0 Å². The molecule has 1 aromatic heterocycles. The van der Waals surface area contributed by atoms with Crippen LogP contribution in [-0.4, -0.2) is 27.9 Å². The first-order chi connectivity index (χ1) is 8.84. The largest absolute Gasteiger partial charge is 0.397 e. The summed E-state index contributed by atoms with van der Waals surface area (Å²) in [6.07, 6.45) is 7.19. The minimum absolute atomic E-state index is 0.822. The van der Waals surface area contributed by atoms with Crippen LogP contribution in [0.4, 0.5) is 11.4 Å². The van der Waals surface area contributed by atoms with Crippen LogP contribution in [0.2, 0.25) is 0 Å². The average molecular weight is 243 g/mol. The number of piperidine rings is 1. The fraction of sp³-hybridized carbons (Fsp3) is 0.385. The van der Waals surface area contributed by atoms with Gasteiger partial charge in [-0.2, -0.15) is 0 Å². The molecule has 1 saturated heterocycles. The number of anilines is 2. The van der Waals surface area contributed by atoms with Crippen molar-refractivity contribution < 1.29 is 0 Å². The molecule has 0 atom stereocenters. The molecule has 0 unspecified atom stereocenters. The molecule has 2 aromatic rings. The molecule has 0 aliphatic carbocycles. The van der Waals surface area contributed by atoms with E-state index in [1.54, 1.807) is 12.7 Å². The van der Waals surface area contributed by atoms with Gasteiger partial charge in [0.05, 0.1) is 17.1 Å². The Hall–Kier alpha value is -2.04.